The molecule has 0 bridgehead atoms. The van der Waals surface area contributed by atoms with E-state index in [1.54, 1.807) is 6.07 Å². The molecule has 1 atom stereocenters. The number of amides is 1. The van der Waals surface area contributed by atoms with E-state index in [4.69, 9.17) is 4.74 Å². The molecule has 1 amide bonds. The zero-order chi connectivity index (χ0) is 14.1. The van der Waals surface area contributed by atoms with Gasteiger partial charge in [-0.15, -0.1) is 0 Å². The number of alkyl halides is 1. The molecule has 4 heteroatoms. The standard InChI is InChI=1S/C15H22BrNO2/c1-3-12(9-10-16)11-17-15(18)13-7-5-6-8-14(13)19-4-2/h5-8,12H,3-4,9-11H2,1-2H3,(H,17,18). The topological polar surface area (TPSA) is 38.3 Å². The van der Waals surface area contributed by atoms with Crippen molar-refractivity contribution in [2.24, 2.45) is 5.92 Å². The van der Waals surface area contributed by atoms with Gasteiger partial charge in [-0.25, -0.2) is 0 Å². The number of hydrogen-bond donors (Lipinski definition) is 1. The quantitative estimate of drug-likeness (QED) is 0.740. The molecule has 3 nitrogen and oxygen atoms in total. The van der Waals surface area contributed by atoms with Gasteiger partial charge in [-0.05, 0) is 31.4 Å². The van der Waals surface area contributed by atoms with Gasteiger partial charge in [0.25, 0.3) is 5.91 Å². The summed E-state index contributed by atoms with van der Waals surface area (Å²) in [6.45, 7) is 5.33. The predicted molar refractivity (Wildman–Crippen MR) is 82.1 cm³/mol. The van der Waals surface area contributed by atoms with Crippen LogP contribution in [0.4, 0.5) is 0 Å². The number of hydrogen-bond acceptors (Lipinski definition) is 2. The fourth-order valence-corrected chi connectivity index (χ4v) is 2.52. The van der Waals surface area contributed by atoms with Crippen molar-refractivity contribution >= 4 is 21.8 Å². The molecule has 0 saturated heterocycles. The van der Waals surface area contributed by atoms with Crippen molar-refractivity contribution in [3.63, 3.8) is 0 Å². The number of ether oxygens (including phenoxy) is 1. The summed E-state index contributed by atoms with van der Waals surface area (Å²) >= 11 is 3.44. The Bertz CT molecular complexity index is 395. The summed E-state index contributed by atoms with van der Waals surface area (Å²) in [5.74, 6) is 1.11. The highest BCUT2D eigenvalue weighted by Gasteiger charge is 2.13. The minimum absolute atomic E-state index is 0.0583. The Morgan fingerprint density at radius 1 is 1.37 bits per heavy atom. The minimum atomic E-state index is -0.0583. The van der Waals surface area contributed by atoms with E-state index in [9.17, 15) is 4.79 Å². The summed E-state index contributed by atoms with van der Waals surface area (Å²) in [5.41, 5.74) is 0.609. The summed E-state index contributed by atoms with van der Waals surface area (Å²) < 4.78 is 5.47. The third kappa shape index (κ3) is 5.23. The van der Waals surface area contributed by atoms with E-state index in [1.165, 1.54) is 0 Å². The van der Waals surface area contributed by atoms with Crippen LogP contribution in [0, 0.1) is 5.92 Å². The van der Waals surface area contributed by atoms with Crippen LogP contribution in [0.5, 0.6) is 5.75 Å². The molecule has 0 aliphatic heterocycles. The number of carbonyl (C=O) groups is 1. The van der Waals surface area contributed by atoms with E-state index in [-0.39, 0.29) is 5.91 Å². The minimum Gasteiger partial charge on any atom is -0.493 e. The molecule has 1 rings (SSSR count). The Kier molecular flexibility index (Phi) is 7.56. The first-order valence-corrected chi connectivity index (χ1v) is 7.91. The molecule has 1 aromatic carbocycles. The van der Waals surface area contributed by atoms with Crippen LogP contribution < -0.4 is 10.1 Å². The molecule has 1 unspecified atom stereocenters. The smallest absolute Gasteiger partial charge is 0.255 e. The van der Waals surface area contributed by atoms with Gasteiger partial charge in [-0.2, -0.15) is 0 Å². The molecule has 0 aliphatic carbocycles. The first kappa shape index (κ1) is 16.0. The molecule has 0 aliphatic rings. The highest BCUT2D eigenvalue weighted by atomic mass is 79.9. The summed E-state index contributed by atoms with van der Waals surface area (Å²) in [5, 5.41) is 3.96. The van der Waals surface area contributed by atoms with Crippen molar-refractivity contribution in [2.75, 3.05) is 18.5 Å². The highest BCUT2D eigenvalue weighted by molar-refractivity contribution is 9.09. The van der Waals surface area contributed by atoms with Crippen molar-refractivity contribution in [1.29, 1.82) is 0 Å². The highest BCUT2D eigenvalue weighted by Crippen LogP contribution is 2.18. The number of para-hydroxylation sites is 1. The first-order chi connectivity index (χ1) is 9.22. The Hall–Kier alpha value is -1.03. The van der Waals surface area contributed by atoms with Gasteiger partial charge in [-0.3, -0.25) is 4.79 Å². The molecular weight excluding hydrogens is 306 g/mol. The number of rotatable bonds is 8. The Labute approximate surface area is 123 Å². The van der Waals surface area contributed by atoms with E-state index in [1.807, 2.05) is 25.1 Å². The molecule has 0 radical (unpaired) electrons. The van der Waals surface area contributed by atoms with Gasteiger partial charge >= 0.3 is 0 Å². The molecule has 1 aromatic rings. The van der Waals surface area contributed by atoms with Crippen LogP contribution in [0.25, 0.3) is 0 Å². The first-order valence-electron chi connectivity index (χ1n) is 6.78. The number of nitrogens with one attached hydrogen (secondary N) is 1. The summed E-state index contributed by atoms with van der Waals surface area (Å²) in [6, 6.07) is 7.36. The Morgan fingerprint density at radius 2 is 2.11 bits per heavy atom. The average molecular weight is 328 g/mol. The molecule has 0 saturated carbocycles. The summed E-state index contributed by atoms with van der Waals surface area (Å²) in [7, 11) is 0. The van der Waals surface area contributed by atoms with Crippen molar-refractivity contribution in [3.05, 3.63) is 29.8 Å². The zero-order valence-corrected chi connectivity index (χ0v) is 13.2. The van der Waals surface area contributed by atoms with E-state index >= 15 is 0 Å². The number of halogens is 1. The van der Waals surface area contributed by atoms with Crippen LogP contribution in [-0.4, -0.2) is 24.4 Å². The maximum absolute atomic E-state index is 12.2. The van der Waals surface area contributed by atoms with Gasteiger partial charge < -0.3 is 10.1 Å². The van der Waals surface area contributed by atoms with Gasteiger partial charge in [0.15, 0.2) is 0 Å². The van der Waals surface area contributed by atoms with Crippen molar-refractivity contribution in [2.45, 2.75) is 26.7 Å². The summed E-state index contributed by atoms with van der Waals surface area (Å²) in [6.07, 6.45) is 2.14. The normalized spacial score (nSPS) is 11.9. The van der Waals surface area contributed by atoms with Crippen LogP contribution in [0.2, 0.25) is 0 Å². The van der Waals surface area contributed by atoms with Crippen molar-refractivity contribution in [3.8, 4) is 5.75 Å². The average Bonchev–Trinajstić information content (AvgIpc) is 2.44. The Morgan fingerprint density at radius 3 is 2.74 bits per heavy atom. The van der Waals surface area contributed by atoms with E-state index in [2.05, 4.69) is 28.2 Å². The van der Waals surface area contributed by atoms with Crippen LogP contribution in [0.1, 0.15) is 37.0 Å². The van der Waals surface area contributed by atoms with Gasteiger partial charge in [0.2, 0.25) is 0 Å². The molecule has 0 heterocycles. The van der Waals surface area contributed by atoms with E-state index < -0.39 is 0 Å². The van der Waals surface area contributed by atoms with Gasteiger partial charge in [-0.1, -0.05) is 41.4 Å². The third-order valence-corrected chi connectivity index (χ3v) is 3.54. The van der Waals surface area contributed by atoms with Crippen molar-refractivity contribution in [1.82, 2.24) is 5.32 Å². The lowest BCUT2D eigenvalue weighted by Gasteiger charge is -2.15. The molecular formula is C15H22BrNO2. The second kappa shape index (κ2) is 8.97. The van der Waals surface area contributed by atoms with E-state index in [0.717, 1.165) is 18.2 Å². The molecule has 19 heavy (non-hydrogen) atoms. The number of carbonyl (C=O) groups excluding carboxylic acids is 1. The summed E-state index contributed by atoms with van der Waals surface area (Å²) in [4.78, 5) is 12.2. The van der Waals surface area contributed by atoms with Crippen LogP contribution in [-0.2, 0) is 0 Å². The molecule has 0 aromatic heterocycles. The lowest BCUT2D eigenvalue weighted by atomic mass is 10.0. The fourth-order valence-electron chi connectivity index (χ4n) is 1.87. The van der Waals surface area contributed by atoms with Gasteiger partial charge in [0.05, 0.1) is 12.2 Å². The van der Waals surface area contributed by atoms with Gasteiger partial charge in [0, 0.05) is 11.9 Å². The SMILES string of the molecule is CCOc1ccccc1C(=O)NCC(CC)CCBr. The van der Waals surface area contributed by atoms with Crippen LogP contribution in [0.15, 0.2) is 24.3 Å². The van der Waals surface area contributed by atoms with Crippen LogP contribution in [0.3, 0.4) is 0 Å². The molecule has 1 N–H and O–H groups in total. The Balaban J connectivity index is 2.62. The predicted octanol–water partition coefficient (Wildman–Crippen LogP) is 3.63. The largest absolute Gasteiger partial charge is 0.493 e. The molecule has 0 fully saturated rings. The fraction of sp³-hybridized carbons (Fsp3) is 0.533. The van der Waals surface area contributed by atoms with Crippen LogP contribution >= 0.6 is 15.9 Å². The maximum atomic E-state index is 12.2. The second-order valence-electron chi connectivity index (χ2n) is 4.39. The van der Waals surface area contributed by atoms with E-state index in [0.29, 0.717) is 30.4 Å². The zero-order valence-electron chi connectivity index (χ0n) is 11.6. The monoisotopic (exact) mass is 327 g/mol. The maximum Gasteiger partial charge on any atom is 0.255 e. The third-order valence-electron chi connectivity index (χ3n) is 3.08. The van der Waals surface area contributed by atoms with Crippen molar-refractivity contribution < 1.29 is 9.53 Å². The molecule has 0 spiro atoms. The number of benzene rings is 1. The second-order valence-corrected chi connectivity index (χ2v) is 5.18. The lowest BCUT2D eigenvalue weighted by Crippen LogP contribution is -2.29. The lowest BCUT2D eigenvalue weighted by molar-refractivity contribution is 0.0942. The molecule has 106 valence electrons. The van der Waals surface area contributed by atoms with Gasteiger partial charge in [0.1, 0.15) is 5.75 Å².